The number of unbranched alkanes of at least 4 members (excludes halogenated alkanes) is 3. The topological polar surface area (TPSA) is 118 Å². The molecule has 0 spiro atoms. The lowest BCUT2D eigenvalue weighted by Gasteiger charge is -2.42. The van der Waals surface area contributed by atoms with Gasteiger partial charge in [0.2, 0.25) is 5.56 Å². The second-order valence-corrected chi connectivity index (χ2v) is 12.4. The Hall–Kier alpha value is -3.69. The molecule has 240 valence electrons. The number of nitrogens with one attached hydrogen (secondary N) is 2. The van der Waals surface area contributed by atoms with E-state index >= 15 is 0 Å². The Morgan fingerprint density at radius 1 is 0.911 bits per heavy atom. The number of aliphatic hydroxyl groups is 1. The molecule has 0 radical (unpaired) electrons. The SMILES string of the molecule is CN1CCC(c2ccccc2)(c2cc(CCOCCCCCCNC[C@H](O)c3ccc(O)c4[nH]c(=O)ccc34)ccc2O)CC1. The van der Waals surface area contributed by atoms with Crippen LogP contribution in [0.5, 0.6) is 11.5 Å². The van der Waals surface area contributed by atoms with Crippen LogP contribution in [0.15, 0.2) is 77.6 Å². The summed E-state index contributed by atoms with van der Waals surface area (Å²) in [5.74, 6) is 0.369. The van der Waals surface area contributed by atoms with E-state index in [1.54, 1.807) is 12.1 Å². The summed E-state index contributed by atoms with van der Waals surface area (Å²) in [4.78, 5) is 16.6. The van der Waals surface area contributed by atoms with Gasteiger partial charge in [-0.2, -0.15) is 0 Å². The monoisotopic (exact) mass is 613 g/mol. The summed E-state index contributed by atoms with van der Waals surface area (Å²) in [5, 5.41) is 35.7. The maximum Gasteiger partial charge on any atom is 0.248 e. The van der Waals surface area contributed by atoms with Crippen molar-refractivity contribution >= 4 is 10.9 Å². The van der Waals surface area contributed by atoms with Gasteiger partial charge in [-0.05, 0) is 93.7 Å². The predicted octanol–water partition coefficient (Wildman–Crippen LogP) is 5.39. The van der Waals surface area contributed by atoms with Gasteiger partial charge in [-0.3, -0.25) is 4.79 Å². The van der Waals surface area contributed by atoms with Gasteiger partial charge in [-0.25, -0.2) is 0 Å². The number of H-pyrrole nitrogens is 1. The summed E-state index contributed by atoms with van der Waals surface area (Å²) < 4.78 is 5.98. The van der Waals surface area contributed by atoms with E-state index < -0.39 is 6.10 Å². The quantitative estimate of drug-likeness (QED) is 0.114. The Morgan fingerprint density at radius 3 is 2.47 bits per heavy atom. The van der Waals surface area contributed by atoms with E-state index in [9.17, 15) is 20.1 Å². The number of aromatic amines is 1. The third-order valence-electron chi connectivity index (χ3n) is 9.27. The van der Waals surface area contributed by atoms with Gasteiger partial charge < -0.3 is 35.3 Å². The molecule has 1 saturated heterocycles. The first kappa shape index (κ1) is 32.7. The third-order valence-corrected chi connectivity index (χ3v) is 9.27. The van der Waals surface area contributed by atoms with Gasteiger partial charge in [0.15, 0.2) is 0 Å². The van der Waals surface area contributed by atoms with Crippen LogP contribution in [0.2, 0.25) is 0 Å². The maximum atomic E-state index is 11.6. The predicted molar refractivity (Wildman–Crippen MR) is 179 cm³/mol. The molecule has 0 bridgehead atoms. The zero-order chi connectivity index (χ0) is 31.6. The molecule has 5 rings (SSSR count). The average molecular weight is 614 g/mol. The van der Waals surface area contributed by atoms with Gasteiger partial charge >= 0.3 is 0 Å². The summed E-state index contributed by atoms with van der Waals surface area (Å²) in [6, 6.07) is 22.9. The molecule has 1 aliphatic rings. The van der Waals surface area contributed by atoms with Crippen LogP contribution in [0.4, 0.5) is 0 Å². The minimum atomic E-state index is -0.745. The number of aliphatic hydroxyl groups excluding tert-OH is 1. The molecule has 0 amide bonds. The summed E-state index contributed by atoms with van der Waals surface area (Å²) in [6.45, 7) is 4.58. The molecular formula is C37H47N3O5. The number of likely N-dealkylation sites (tertiary alicyclic amines) is 1. The van der Waals surface area contributed by atoms with Gasteiger partial charge in [0, 0.05) is 35.6 Å². The van der Waals surface area contributed by atoms with Gasteiger partial charge in [-0.15, -0.1) is 0 Å². The Bertz CT molecular complexity index is 1580. The van der Waals surface area contributed by atoms with Crippen molar-refractivity contribution in [3.8, 4) is 11.5 Å². The number of hydrogen-bond donors (Lipinski definition) is 5. The normalized spacial score (nSPS) is 15.8. The van der Waals surface area contributed by atoms with Crippen LogP contribution in [0.3, 0.4) is 0 Å². The van der Waals surface area contributed by atoms with E-state index in [-0.39, 0.29) is 16.7 Å². The average Bonchev–Trinajstić information content (AvgIpc) is 3.05. The number of phenols is 2. The van der Waals surface area contributed by atoms with Crippen molar-refractivity contribution in [2.24, 2.45) is 0 Å². The van der Waals surface area contributed by atoms with Crippen molar-refractivity contribution in [2.45, 2.75) is 56.5 Å². The molecule has 1 aromatic heterocycles. The van der Waals surface area contributed by atoms with E-state index in [0.29, 0.717) is 35.4 Å². The number of piperidine rings is 1. The van der Waals surface area contributed by atoms with E-state index in [2.05, 4.69) is 58.6 Å². The Morgan fingerprint density at radius 2 is 1.67 bits per heavy atom. The molecule has 2 heterocycles. The Balaban J connectivity index is 1.00. The van der Waals surface area contributed by atoms with Crippen molar-refractivity contribution in [1.29, 1.82) is 0 Å². The Kier molecular flexibility index (Phi) is 11.3. The van der Waals surface area contributed by atoms with Gasteiger partial charge in [0.25, 0.3) is 0 Å². The van der Waals surface area contributed by atoms with Crippen molar-refractivity contribution in [3.63, 3.8) is 0 Å². The Labute approximate surface area is 265 Å². The number of aromatic hydroxyl groups is 2. The number of ether oxygens (including phenoxy) is 1. The largest absolute Gasteiger partial charge is 0.508 e. The summed E-state index contributed by atoms with van der Waals surface area (Å²) in [7, 11) is 2.17. The fourth-order valence-corrected chi connectivity index (χ4v) is 6.59. The van der Waals surface area contributed by atoms with Crippen LogP contribution in [-0.2, 0) is 16.6 Å². The molecular weight excluding hydrogens is 566 g/mol. The number of nitrogens with zero attached hydrogens (tertiary/aromatic N) is 1. The number of benzene rings is 3. The second-order valence-electron chi connectivity index (χ2n) is 12.4. The van der Waals surface area contributed by atoms with Crippen LogP contribution >= 0.6 is 0 Å². The number of aromatic nitrogens is 1. The molecule has 8 nitrogen and oxygen atoms in total. The van der Waals surface area contributed by atoms with Crippen molar-refractivity contribution < 1.29 is 20.1 Å². The molecule has 4 aromatic rings. The molecule has 45 heavy (non-hydrogen) atoms. The minimum Gasteiger partial charge on any atom is -0.508 e. The van der Waals surface area contributed by atoms with Crippen molar-refractivity contribution in [2.75, 3.05) is 46.4 Å². The first-order valence-corrected chi connectivity index (χ1v) is 16.3. The fraction of sp³-hybridized carbons (Fsp3) is 0.432. The minimum absolute atomic E-state index is 0.00940. The molecule has 5 N–H and O–H groups in total. The fourth-order valence-electron chi connectivity index (χ4n) is 6.59. The van der Waals surface area contributed by atoms with Crippen molar-refractivity contribution in [1.82, 2.24) is 15.2 Å². The van der Waals surface area contributed by atoms with E-state index in [1.165, 1.54) is 23.3 Å². The van der Waals surface area contributed by atoms with E-state index in [0.717, 1.165) is 76.8 Å². The highest BCUT2D eigenvalue weighted by molar-refractivity contribution is 5.87. The molecule has 1 atom stereocenters. The van der Waals surface area contributed by atoms with Crippen LogP contribution in [0.1, 0.15) is 66.9 Å². The lowest BCUT2D eigenvalue weighted by molar-refractivity contribution is 0.132. The highest BCUT2D eigenvalue weighted by atomic mass is 16.5. The van der Waals surface area contributed by atoms with Crippen LogP contribution in [-0.4, -0.2) is 71.6 Å². The highest BCUT2D eigenvalue weighted by Crippen LogP contribution is 2.45. The first-order chi connectivity index (χ1) is 21.9. The smallest absolute Gasteiger partial charge is 0.248 e. The van der Waals surface area contributed by atoms with Gasteiger partial charge in [-0.1, -0.05) is 61.4 Å². The zero-order valence-corrected chi connectivity index (χ0v) is 26.3. The zero-order valence-electron chi connectivity index (χ0n) is 26.3. The number of phenolic OH excluding ortho intramolecular Hbond substituents is 2. The molecule has 3 aromatic carbocycles. The lowest BCUT2D eigenvalue weighted by Crippen LogP contribution is -2.41. The summed E-state index contributed by atoms with van der Waals surface area (Å²) in [5.41, 5.74) is 4.05. The molecule has 0 aliphatic carbocycles. The molecule has 8 heteroatoms. The number of rotatable bonds is 15. The second kappa shape index (κ2) is 15.5. The standard InChI is InChI=1S/C37H47N3O5/c1-40-21-18-37(19-22-40,28-9-5-4-6-10-28)31-25-27(11-14-32(31)41)17-24-45-23-8-3-2-7-20-38-26-34(43)29-12-15-33(42)36-30(29)13-16-35(44)39-36/h4-6,9-16,25,34,38,41-43H,2-3,7-8,17-24,26H2,1H3,(H,39,44)/t34-/m0/s1. The highest BCUT2D eigenvalue weighted by Gasteiger charge is 2.39. The number of hydrogen-bond acceptors (Lipinski definition) is 7. The molecule has 0 saturated carbocycles. The summed E-state index contributed by atoms with van der Waals surface area (Å²) in [6.07, 6.45) is 6.20. The van der Waals surface area contributed by atoms with E-state index in [4.69, 9.17) is 4.74 Å². The third kappa shape index (κ3) is 8.13. The molecule has 1 aliphatic heterocycles. The number of fused-ring (bicyclic) bond motifs is 1. The van der Waals surface area contributed by atoms with E-state index in [1.807, 2.05) is 12.1 Å². The van der Waals surface area contributed by atoms with Crippen molar-refractivity contribution in [3.05, 3.63) is 105 Å². The van der Waals surface area contributed by atoms with Gasteiger partial charge in [0.1, 0.15) is 11.5 Å². The van der Waals surface area contributed by atoms with Crippen LogP contribution in [0, 0.1) is 0 Å². The number of pyridine rings is 1. The molecule has 1 fully saturated rings. The van der Waals surface area contributed by atoms with Crippen LogP contribution in [0.25, 0.3) is 10.9 Å². The molecule has 0 unspecified atom stereocenters. The lowest BCUT2D eigenvalue weighted by atomic mass is 9.67. The van der Waals surface area contributed by atoms with Crippen LogP contribution < -0.4 is 10.9 Å². The first-order valence-electron chi connectivity index (χ1n) is 16.3. The maximum absolute atomic E-state index is 11.6. The summed E-state index contributed by atoms with van der Waals surface area (Å²) >= 11 is 0. The van der Waals surface area contributed by atoms with Gasteiger partial charge in [0.05, 0.1) is 18.2 Å².